The van der Waals surface area contributed by atoms with Crippen molar-refractivity contribution in [3.8, 4) is 0 Å². The fraction of sp³-hybridized carbons (Fsp3) is 0.727. The first-order valence-corrected chi connectivity index (χ1v) is 7.21. The number of hydrogen-bond donors (Lipinski definition) is 1. The van der Waals surface area contributed by atoms with Gasteiger partial charge in [-0.25, -0.2) is 4.98 Å². The van der Waals surface area contributed by atoms with Crippen LogP contribution in [0.1, 0.15) is 18.5 Å². The van der Waals surface area contributed by atoms with Crippen LogP contribution in [0.25, 0.3) is 0 Å². The molecule has 7 nitrogen and oxygen atoms in total. The Morgan fingerprint density at radius 2 is 2.16 bits per heavy atom. The fourth-order valence-electron chi connectivity index (χ4n) is 1.96. The number of morpholine rings is 1. The lowest BCUT2D eigenvalue weighted by molar-refractivity contribution is -0.381. The average molecular weight is 286 g/mol. The van der Waals surface area contributed by atoms with E-state index in [1.807, 2.05) is 4.90 Å². The second-order valence-corrected chi connectivity index (χ2v) is 5.31. The van der Waals surface area contributed by atoms with E-state index in [1.165, 1.54) is 0 Å². The summed E-state index contributed by atoms with van der Waals surface area (Å²) in [6.45, 7) is 3.39. The highest BCUT2D eigenvalue weighted by Crippen LogP contribution is 2.33. The lowest BCUT2D eigenvalue weighted by Gasteiger charge is -2.25. The zero-order valence-corrected chi connectivity index (χ0v) is 11.5. The summed E-state index contributed by atoms with van der Waals surface area (Å²) in [4.78, 5) is 17.2. The normalized spacial score (nSPS) is 15.7. The molecule has 2 rings (SSSR count). The molecule has 0 amide bonds. The van der Waals surface area contributed by atoms with Gasteiger partial charge in [0.25, 0.3) is 0 Å². The summed E-state index contributed by atoms with van der Waals surface area (Å²) in [6.07, 6.45) is 2.32. The number of thiazole rings is 1. The molecule has 2 heterocycles. The predicted molar refractivity (Wildman–Crippen MR) is 73.8 cm³/mol. The molecule has 19 heavy (non-hydrogen) atoms. The van der Waals surface area contributed by atoms with Gasteiger partial charge in [0, 0.05) is 13.1 Å². The van der Waals surface area contributed by atoms with Crippen LogP contribution in [0.5, 0.6) is 0 Å². The number of anilines is 1. The summed E-state index contributed by atoms with van der Waals surface area (Å²) in [5, 5.41) is 12.0. The van der Waals surface area contributed by atoms with E-state index in [4.69, 9.17) is 10.5 Å². The molecule has 0 aromatic carbocycles. The summed E-state index contributed by atoms with van der Waals surface area (Å²) < 4.78 is 5.27. The summed E-state index contributed by atoms with van der Waals surface area (Å²) in [7, 11) is 0. The summed E-state index contributed by atoms with van der Waals surface area (Å²) >= 11 is 1.16. The maximum absolute atomic E-state index is 11.1. The SMILES string of the molecule is NCCCCc1nc(N2CCOCC2)sc1[N+](=O)[O-]. The number of hydrogen-bond acceptors (Lipinski definition) is 7. The third-order valence-electron chi connectivity index (χ3n) is 2.98. The minimum absolute atomic E-state index is 0.165. The molecule has 1 aliphatic rings. The molecule has 1 saturated heterocycles. The first-order valence-electron chi connectivity index (χ1n) is 6.39. The van der Waals surface area contributed by atoms with Crippen LogP contribution in [0.3, 0.4) is 0 Å². The Balaban J connectivity index is 2.11. The van der Waals surface area contributed by atoms with Gasteiger partial charge in [0.05, 0.1) is 18.1 Å². The van der Waals surface area contributed by atoms with E-state index in [2.05, 4.69) is 4.98 Å². The van der Waals surface area contributed by atoms with Crippen molar-refractivity contribution in [3.05, 3.63) is 15.8 Å². The van der Waals surface area contributed by atoms with Crippen LogP contribution in [0.4, 0.5) is 10.1 Å². The lowest BCUT2D eigenvalue weighted by Crippen LogP contribution is -2.36. The molecule has 106 valence electrons. The predicted octanol–water partition coefficient (Wildman–Crippen LogP) is 1.17. The van der Waals surface area contributed by atoms with Gasteiger partial charge in [0.1, 0.15) is 5.69 Å². The van der Waals surface area contributed by atoms with E-state index >= 15 is 0 Å². The molecule has 1 aromatic rings. The molecular formula is C11H18N4O3S. The average Bonchev–Trinajstić information content (AvgIpc) is 2.84. The van der Waals surface area contributed by atoms with Crippen LogP contribution in [-0.4, -0.2) is 42.8 Å². The van der Waals surface area contributed by atoms with E-state index in [9.17, 15) is 10.1 Å². The smallest absolute Gasteiger partial charge is 0.348 e. The van der Waals surface area contributed by atoms with E-state index < -0.39 is 0 Å². The third kappa shape index (κ3) is 3.62. The zero-order valence-electron chi connectivity index (χ0n) is 10.7. The second kappa shape index (κ2) is 6.78. The van der Waals surface area contributed by atoms with Crippen molar-refractivity contribution in [1.29, 1.82) is 0 Å². The van der Waals surface area contributed by atoms with Gasteiger partial charge < -0.3 is 15.4 Å². The van der Waals surface area contributed by atoms with E-state index in [0.717, 1.165) is 42.4 Å². The Morgan fingerprint density at radius 3 is 2.79 bits per heavy atom. The Labute approximate surface area is 115 Å². The minimum Gasteiger partial charge on any atom is -0.378 e. The Bertz CT molecular complexity index is 432. The Hall–Kier alpha value is -1.25. The highest BCUT2D eigenvalue weighted by molar-refractivity contribution is 7.18. The molecule has 0 unspecified atom stereocenters. The maximum atomic E-state index is 11.1. The maximum Gasteiger partial charge on any atom is 0.348 e. The van der Waals surface area contributed by atoms with Crippen LogP contribution >= 0.6 is 11.3 Å². The topological polar surface area (TPSA) is 94.5 Å². The number of nitrogens with two attached hydrogens (primary N) is 1. The molecular weight excluding hydrogens is 268 g/mol. The number of ether oxygens (including phenoxy) is 1. The largest absolute Gasteiger partial charge is 0.378 e. The van der Waals surface area contributed by atoms with Gasteiger partial charge in [-0.3, -0.25) is 10.1 Å². The number of aromatic nitrogens is 1. The summed E-state index contributed by atoms with van der Waals surface area (Å²) in [5.74, 6) is 0. The van der Waals surface area contributed by atoms with E-state index in [0.29, 0.717) is 31.9 Å². The first kappa shape index (κ1) is 14.2. The molecule has 0 saturated carbocycles. The van der Waals surface area contributed by atoms with Crippen molar-refractivity contribution in [2.24, 2.45) is 5.73 Å². The fourth-order valence-corrected chi connectivity index (χ4v) is 2.94. The Morgan fingerprint density at radius 1 is 1.42 bits per heavy atom. The summed E-state index contributed by atoms with van der Waals surface area (Å²) in [5.41, 5.74) is 6.03. The van der Waals surface area contributed by atoms with Crippen LogP contribution in [-0.2, 0) is 11.2 Å². The van der Waals surface area contributed by atoms with Crippen LogP contribution in [0.15, 0.2) is 0 Å². The van der Waals surface area contributed by atoms with Gasteiger partial charge in [0.2, 0.25) is 0 Å². The molecule has 0 atom stereocenters. The number of aryl methyl sites for hydroxylation is 1. The molecule has 8 heteroatoms. The monoisotopic (exact) mass is 286 g/mol. The van der Waals surface area contributed by atoms with Crippen molar-refractivity contribution >= 4 is 21.5 Å². The van der Waals surface area contributed by atoms with Gasteiger partial charge in [-0.05, 0) is 37.1 Å². The first-order chi connectivity index (χ1) is 9.22. The van der Waals surface area contributed by atoms with Gasteiger partial charge in [-0.1, -0.05) is 0 Å². The van der Waals surface area contributed by atoms with Crippen molar-refractivity contribution in [3.63, 3.8) is 0 Å². The highest BCUT2D eigenvalue weighted by Gasteiger charge is 2.24. The molecule has 1 aliphatic heterocycles. The standard InChI is InChI=1S/C11H18N4O3S/c12-4-2-1-3-9-10(15(16)17)19-11(13-9)14-5-7-18-8-6-14/h1-8,12H2. The van der Waals surface area contributed by atoms with Crippen LogP contribution in [0, 0.1) is 10.1 Å². The molecule has 2 N–H and O–H groups in total. The minimum atomic E-state index is -0.334. The highest BCUT2D eigenvalue weighted by atomic mass is 32.1. The number of nitrogens with zero attached hydrogens (tertiary/aromatic N) is 3. The van der Waals surface area contributed by atoms with Gasteiger partial charge in [-0.2, -0.15) is 0 Å². The number of unbranched alkanes of at least 4 members (excludes halogenated alkanes) is 1. The molecule has 0 spiro atoms. The molecule has 0 aliphatic carbocycles. The van der Waals surface area contributed by atoms with Crippen molar-refractivity contribution in [2.45, 2.75) is 19.3 Å². The van der Waals surface area contributed by atoms with Crippen molar-refractivity contribution in [1.82, 2.24) is 4.98 Å². The number of rotatable bonds is 6. The van der Waals surface area contributed by atoms with Crippen molar-refractivity contribution < 1.29 is 9.66 Å². The Kier molecular flexibility index (Phi) is 5.06. The van der Waals surface area contributed by atoms with E-state index in [1.54, 1.807) is 0 Å². The lowest BCUT2D eigenvalue weighted by atomic mass is 10.2. The quantitative estimate of drug-likeness (QED) is 0.479. The molecule has 1 fully saturated rings. The summed E-state index contributed by atoms with van der Waals surface area (Å²) in [6, 6.07) is 0. The van der Waals surface area contributed by atoms with Gasteiger partial charge in [-0.15, -0.1) is 0 Å². The molecule has 1 aromatic heterocycles. The molecule has 0 radical (unpaired) electrons. The number of nitro groups is 1. The van der Waals surface area contributed by atoms with Crippen LogP contribution in [0.2, 0.25) is 0 Å². The van der Waals surface area contributed by atoms with Gasteiger partial charge in [0.15, 0.2) is 5.13 Å². The third-order valence-corrected chi connectivity index (χ3v) is 4.09. The van der Waals surface area contributed by atoms with Gasteiger partial charge >= 0.3 is 5.00 Å². The zero-order chi connectivity index (χ0) is 13.7. The van der Waals surface area contributed by atoms with Crippen molar-refractivity contribution in [2.75, 3.05) is 37.7 Å². The second-order valence-electron chi connectivity index (χ2n) is 4.35. The van der Waals surface area contributed by atoms with Crippen LogP contribution < -0.4 is 10.6 Å². The molecule has 0 bridgehead atoms. The van der Waals surface area contributed by atoms with E-state index in [-0.39, 0.29) is 9.92 Å².